The lowest BCUT2D eigenvalue weighted by atomic mass is 9.82. The minimum atomic E-state index is -3.81. The first-order valence-electron chi connectivity index (χ1n) is 12.4. The second-order valence-electron chi connectivity index (χ2n) is 9.48. The van der Waals surface area contributed by atoms with Crippen LogP contribution < -0.4 is 20.3 Å². The number of urea groups is 1. The minimum absolute atomic E-state index is 0.130. The highest BCUT2D eigenvalue weighted by molar-refractivity contribution is 7.89. The fourth-order valence-electron chi connectivity index (χ4n) is 5.13. The van der Waals surface area contributed by atoms with Gasteiger partial charge in [0.25, 0.3) is 0 Å². The maximum atomic E-state index is 13.3. The number of unbranched alkanes of at least 4 members (excludes halogenated alkanes) is 1. The average molecular weight is 515 g/mol. The molecule has 2 amide bonds. The molecule has 4 rings (SSSR count). The first kappa shape index (κ1) is 26.1. The molecule has 1 fully saturated rings. The van der Waals surface area contributed by atoms with E-state index in [1.807, 2.05) is 55.5 Å². The zero-order valence-corrected chi connectivity index (χ0v) is 21.3. The molecule has 9 nitrogen and oxygen atoms in total. The number of rotatable bonds is 10. The fourth-order valence-corrected chi connectivity index (χ4v) is 6.53. The number of nitrogens with one attached hydrogen (secondary N) is 3. The molecular formula is C26H34N4O5S. The van der Waals surface area contributed by atoms with Crippen molar-refractivity contribution >= 4 is 27.7 Å². The summed E-state index contributed by atoms with van der Waals surface area (Å²) < 4.78 is 27.7. The van der Waals surface area contributed by atoms with Crippen LogP contribution in [0, 0.1) is 0 Å². The van der Waals surface area contributed by atoms with E-state index in [0.717, 1.165) is 37.1 Å². The number of aliphatic carboxylic acids is 1. The monoisotopic (exact) mass is 514 g/mol. The van der Waals surface area contributed by atoms with Gasteiger partial charge in [-0.2, -0.15) is 0 Å². The number of fused-ring (bicyclic) bond motifs is 1. The van der Waals surface area contributed by atoms with Crippen LogP contribution in [-0.4, -0.2) is 57.0 Å². The summed E-state index contributed by atoms with van der Waals surface area (Å²) in [5, 5.41) is 16.3. The Hall–Kier alpha value is -2.95. The Morgan fingerprint density at radius 2 is 1.86 bits per heavy atom. The first-order chi connectivity index (χ1) is 17.3. The lowest BCUT2D eigenvalue weighted by Crippen LogP contribution is -2.52. The molecule has 36 heavy (non-hydrogen) atoms. The van der Waals surface area contributed by atoms with E-state index in [2.05, 4.69) is 15.4 Å². The van der Waals surface area contributed by atoms with Crippen molar-refractivity contribution in [3.05, 3.63) is 65.2 Å². The van der Waals surface area contributed by atoms with Crippen molar-refractivity contribution in [3.63, 3.8) is 0 Å². The third-order valence-corrected chi connectivity index (χ3v) is 8.46. The minimum Gasteiger partial charge on any atom is -0.480 e. The largest absolute Gasteiger partial charge is 0.480 e. The topological polar surface area (TPSA) is 128 Å². The average Bonchev–Trinajstić information content (AvgIpc) is 3.03. The van der Waals surface area contributed by atoms with Crippen LogP contribution in [0.15, 0.2) is 48.5 Å². The van der Waals surface area contributed by atoms with Crippen molar-refractivity contribution in [2.75, 3.05) is 30.3 Å². The molecule has 0 bridgehead atoms. The molecule has 2 aliphatic rings. The van der Waals surface area contributed by atoms with Gasteiger partial charge in [0, 0.05) is 18.7 Å². The predicted octanol–water partition coefficient (Wildman–Crippen LogP) is 2.36. The Kier molecular flexibility index (Phi) is 7.97. The number of amides is 2. The van der Waals surface area contributed by atoms with E-state index in [1.54, 1.807) is 4.90 Å². The third-order valence-electron chi connectivity index (χ3n) is 6.99. The standard InChI is InChI=1S/C26H34N4O5S/c1-2-3-15-36(34,35)29-23(24(31)32)17-26(21-7-5-4-6-8-21)18-28-25(33)30(26)22-10-9-19-11-13-27-14-12-20(19)16-22/h4-10,16,23,27,29H,2-3,11-15,17-18H2,1H3,(H,28,33)(H,31,32). The molecule has 10 heteroatoms. The van der Waals surface area contributed by atoms with Crippen LogP contribution in [0.4, 0.5) is 10.5 Å². The van der Waals surface area contributed by atoms with E-state index in [1.165, 1.54) is 5.56 Å². The Morgan fingerprint density at radius 1 is 1.14 bits per heavy atom. The summed E-state index contributed by atoms with van der Waals surface area (Å²) >= 11 is 0. The Labute approximate surface area is 212 Å². The number of carboxylic acids is 1. The molecule has 0 aliphatic carbocycles. The molecule has 0 aromatic heterocycles. The fraction of sp³-hybridized carbons (Fsp3) is 0.462. The van der Waals surface area contributed by atoms with Crippen LogP contribution in [0.2, 0.25) is 0 Å². The number of benzene rings is 2. The zero-order valence-electron chi connectivity index (χ0n) is 20.5. The SMILES string of the molecule is CCCCS(=O)(=O)NC(CC1(c2ccccc2)CNC(=O)N1c1ccc2c(c1)CCNCC2)C(=O)O. The van der Waals surface area contributed by atoms with Crippen LogP contribution >= 0.6 is 0 Å². The highest BCUT2D eigenvalue weighted by atomic mass is 32.2. The summed E-state index contributed by atoms with van der Waals surface area (Å²) in [5.74, 6) is -1.43. The lowest BCUT2D eigenvalue weighted by molar-refractivity contribution is -0.139. The van der Waals surface area contributed by atoms with Crippen LogP contribution in [0.3, 0.4) is 0 Å². The highest BCUT2D eigenvalue weighted by Crippen LogP contribution is 2.41. The van der Waals surface area contributed by atoms with Crippen LogP contribution in [0.25, 0.3) is 0 Å². The van der Waals surface area contributed by atoms with Crippen molar-refractivity contribution in [2.24, 2.45) is 0 Å². The van der Waals surface area contributed by atoms with E-state index in [0.29, 0.717) is 18.5 Å². The van der Waals surface area contributed by atoms with E-state index in [4.69, 9.17) is 0 Å². The molecule has 0 saturated carbocycles. The second kappa shape index (κ2) is 11.0. The van der Waals surface area contributed by atoms with Crippen molar-refractivity contribution < 1.29 is 23.1 Å². The number of carboxylic acid groups (broad SMARTS) is 1. The molecule has 2 aromatic rings. The van der Waals surface area contributed by atoms with Crippen molar-refractivity contribution in [3.8, 4) is 0 Å². The zero-order chi connectivity index (χ0) is 25.8. The van der Waals surface area contributed by atoms with E-state index in [9.17, 15) is 23.1 Å². The van der Waals surface area contributed by atoms with Gasteiger partial charge in [0.2, 0.25) is 10.0 Å². The number of nitrogens with zero attached hydrogens (tertiary/aromatic N) is 1. The predicted molar refractivity (Wildman–Crippen MR) is 139 cm³/mol. The number of hydrogen-bond acceptors (Lipinski definition) is 5. The van der Waals surface area contributed by atoms with Gasteiger partial charge >= 0.3 is 12.0 Å². The molecule has 4 N–H and O–H groups in total. The molecule has 1 saturated heterocycles. The molecular weight excluding hydrogens is 480 g/mol. The van der Waals surface area contributed by atoms with Crippen molar-refractivity contribution in [1.29, 1.82) is 0 Å². The molecule has 2 heterocycles. The summed E-state index contributed by atoms with van der Waals surface area (Å²) in [6.45, 7) is 3.75. The van der Waals surface area contributed by atoms with E-state index >= 15 is 0 Å². The number of hydrogen-bond donors (Lipinski definition) is 4. The van der Waals surface area contributed by atoms with Crippen molar-refractivity contribution in [2.45, 2.75) is 50.6 Å². The van der Waals surface area contributed by atoms with Gasteiger partial charge in [-0.15, -0.1) is 0 Å². The molecule has 0 spiro atoms. The van der Waals surface area contributed by atoms with Gasteiger partial charge in [-0.25, -0.2) is 17.9 Å². The Morgan fingerprint density at radius 3 is 2.56 bits per heavy atom. The summed E-state index contributed by atoms with van der Waals surface area (Å²) in [5.41, 5.74) is 2.66. The number of sulfonamides is 1. The summed E-state index contributed by atoms with van der Waals surface area (Å²) in [6.07, 6.45) is 2.70. The number of carbonyl (C=O) groups is 2. The molecule has 2 atom stereocenters. The van der Waals surface area contributed by atoms with Gasteiger partial charge in [-0.05, 0) is 61.2 Å². The summed E-state index contributed by atoms with van der Waals surface area (Å²) in [7, 11) is -3.81. The van der Waals surface area contributed by atoms with E-state index in [-0.39, 0.29) is 24.7 Å². The lowest BCUT2D eigenvalue weighted by Gasteiger charge is -2.39. The van der Waals surface area contributed by atoms with Gasteiger partial charge in [0.05, 0.1) is 11.3 Å². The van der Waals surface area contributed by atoms with Crippen LogP contribution in [-0.2, 0) is 33.2 Å². The highest BCUT2D eigenvalue weighted by Gasteiger charge is 2.50. The van der Waals surface area contributed by atoms with Crippen LogP contribution in [0.1, 0.15) is 42.9 Å². The molecule has 194 valence electrons. The van der Waals surface area contributed by atoms with Gasteiger partial charge in [0.15, 0.2) is 0 Å². The molecule has 0 radical (unpaired) electrons. The number of carbonyl (C=O) groups excluding carboxylic acids is 1. The maximum Gasteiger partial charge on any atom is 0.322 e. The maximum absolute atomic E-state index is 13.3. The van der Waals surface area contributed by atoms with E-state index < -0.39 is 27.6 Å². The second-order valence-corrected chi connectivity index (χ2v) is 11.4. The van der Waals surface area contributed by atoms with Gasteiger partial charge in [-0.3, -0.25) is 9.69 Å². The quantitative estimate of drug-likeness (QED) is 0.385. The van der Waals surface area contributed by atoms with Gasteiger partial charge in [0.1, 0.15) is 6.04 Å². The number of anilines is 1. The van der Waals surface area contributed by atoms with Gasteiger partial charge in [-0.1, -0.05) is 49.7 Å². The van der Waals surface area contributed by atoms with Gasteiger partial charge < -0.3 is 15.7 Å². The smallest absolute Gasteiger partial charge is 0.322 e. The van der Waals surface area contributed by atoms with Crippen LogP contribution in [0.5, 0.6) is 0 Å². The summed E-state index contributed by atoms with van der Waals surface area (Å²) in [4.78, 5) is 27.2. The first-order valence-corrected chi connectivity index (χ1v) is 14.1. The molecule has 2 aromatic carbocycles. The normalized spacial score (nSPS) is 20.9. The Bertz CT molecular complexity index is 1200. The third kappa shape index (κ3) is 5.55. The Balaban J connectivity index is 1.77. The summed E-state index contributed by atoms with van der Waals surface area (Å²) in [6, 6.07) is 13.4. The molecule has 2 unspecified atom stereocenters. The van der Waals surface area contributed by atoms with Crippen molar-refractivity contribution in [1.82, 2.24) is 15.4 Å². The molecule has 2 aliphatic heterocycles.